The van der Waals surface area contributed by atoms with Crippen LogP contribution in [0.1, 0.15) is 32.5 Å². The van der Waals surface area contributed by atoms with Gasteiger partial charge in [-0.3, -0.25) is 4.90 Å². The summed E-state index contributed by atoms with van der Waals surface area (Å²) < 4.78 is 2.06. The van der Waals surface area contributed by atoms with Crippen LogP contribution in [0.5, 0.6) is 0 Å². The molecule has 1 aromatic rings. The monoisotopic (exact) mass is 238 g/mol. The summed E-state index contributed by atoms with van der Waals surface area (Å²) in [7, 11) is 4.17. The topological polar surface area (TPSA) is 47.1 Å². The number of nitrogens with two attached hydrogens (primary N) is 1. The Kier molecular flexibility index (Phi) is 5.65. The molecule has 1 heterocycles. The number of hydrogen-bond acceptors (Lipinski definition) is 3. The molecule has 0 bridgehead atoms. The standard InChI is InChI=1S/C13H26N4/c1-5-6-11(2)12(9-14)17(4)10-13-15-7-8-16(13)3/h7-8,11-12H,5-6,9-10,14H2,1-4H3. The molecule has 0 fully saturated rings. The Labute approximate surface area is 105 Å². The number of aryl methyl sites for hydroxylation is 1. The van der Waals surface area contributed by atoms with Crippen molar-refractivity contribution in [1.82, 2.24) is 14.5 Å². The van der Waals surface area contributed by atoms with E-state index in [1.54, 1.807) is 0 Å². The average Bonchev–Trinajstić information content (AvgIpc) is 2.66. The van der Waals surface area contributed by atoms with Gasteiger partial charge >= 0.3 is 0 Å². The van der Waals surface area contributed by atoms with Crippen LogP contribution in [0.3, 0.4) is 0 Å². The van der Waals surface area contributed by atoms with Crippen molar-refractivity contribution in [1.29, 1.82) is 0 Å². The van der Waals surface area contributed by atoms with Crippen molar-refractivity contribution < 1.29 is 0 Å². The highest BCUT2D eigenvalue weighted by Gasteiger charge is 2.20. The molecular weight excluding hydrogens is 212 g/mol. The van der Waals surface area contributed by atoms with Crippen LogP contribution in [0, 0.1) is 5.92 Å². The average molecular weight is 238 g/mol. The molecule has 17 heavy (non-hydrogen) atoms. The molecule has 1 rings (SSSR count). The maximum atomic E-state index is 5.90. The lowest BCUT2D eigenvalue weighted by Gasteiger charge is -2.31. The minimum Gasteiger partial charge on any atom is -0.337 e. The van der Waals surface area contributed by atoms with E-state index in [9.17, 15) is 0 Å². The Morgan fingerprint density at radius 2 is 2.24 bits per heavy atom. The van der Waals surface area contributed by atoms with E-state index in [4.69, 9.17) is 5.73 Å². The highest BCUT2D eigenvalue weighted by Crippen LogP contribution is 2.16. The quantitative estimate of drug-likeness (QED) is 0.785. The lowest BCUT2D eigenvalue weighted by atomic mass is 9.96. The van der Waals surface area contributed by atoms with Crippen LogP contribution in [0.4, 0.5) is 0 Å². The molecule has 0 aromatic carbocycles. The summed E-state index contributed by atoms with van der Waals surface area (Å²) in [5.41, 5.74) is 5.90. The lowest BCUT2D eigenvalue weighted by molar-refractivity contribution is 0.169. The number of hydrogen-bond donors (Lipinski definition) is 1. The first-order valence-corrected chi connectivity index (χ1v) is 6.46. The normalized spacial score (nSPS) is 15.2. The van der Waals surface area contributed by atoms with Crippen molar-refractivity contribution in [3.05, 3.63) is 18.2 Å². The van der Waals surface area contributed by atoms with Crippen LogP contribution in [0.2, 0.25) is 0 Å². The number of rotatable bonds is 7. The third-order valence-electron chi connectivity index (χ3n) is 3.52. The molecule has 4 heteroatoms. The van der Waals surface area contributed by atoms with Gasteiger partial charge in [0.15, 0.2) is 0 Å². The Morgan fingerprint density at radius 1 is 1.53 bits per heavy atom. The number of aromatic nitrogens is 2. The predicted octanol–water partition coefficient (Wildman–Crippen LogP) is 1.62. The van der Waals surface area contributed by atoms with E-state index in [1.165, 1.54) is 12.8 Å². The molecule has 2 N–H and O–H groups in total. The van der Waals surface area contributed by atoms with Crippen LogP contribution >= 0.6 is 0 Å². The summed E-state index contributed by atoms with van der Waals surface area (Å²) in [5, 5.41) is 0. The fraction of sp³-hybridized carbons (Fsp3) is 0.769. The Hall–Kier alpha value is -0.870. The number of imidazole rings is 1. The van der Waals surface area contributed by atoms with Gasteiger partial charge in [-0.15, -0.1) is 0 Å². The van der Waals surface area contributed by atoms with Gasteiger partial charge in [0.2, 0.25) is 0 Å². The van der Waals surface area contributed by atoms with Gasteiger partial charge < -0.3 is 10.3 Å². The van der Waals surface area contributed by atoms with Crippen LogP contribution in [-0.4, -0.2) is 34.1 Å². The molecule has 0 aliphatic carbocycles. The number of nitrogens with zero attached hydrogens (tertiary/aromatic N) is 3. The fourth-order valence-corrected chi connectivity index (χ4v) is 2.38. The lowest BCUT2D eigenvalue weighted by Crippen LogP contribution is -2.42. The molecule has 0 saturated heterocycles. The van der Waals surface area contributed by atoms with Crippen molar-refractivity contribution in [2.24, 2.45) is 18.7 Å². The van der Waals surface area contributed by atoms with Crippen molar-refractivity contribution in [3.8, 4) is 0 Å². The first-order chi connectivity index (χ1) is 8.10. The third kappa shape index (κ3) is 3.82. The van der Waals surface area contributed by atoms with Gasteiger partial charge in [-0.25, -0.2) is 4.98 Å². The Balaban J connectivity index is 2.60. The van der Waals surface area contributed by atoms with Crippen molar-refractivity contribution in [3.63, 3.8) is 0 Å². The summed E-state index contributed by atoms with van der Waals surface area (Å²) in [6.45, 7) is 6.08. The number of likely N-dealkylation sites (N-methyl/N-ethyl adjacent to an activating group) is 1. The molecule has 0 radical (unpaired) electrons. The van der Waals surface area contributed by atoms with E-state index < -0.39 is 0 Å². The molecule has 0 amide bonds. The van der Waals surface area contributed by atoms with E-state index >= 15 is 0 Å². The molecule has 98 valence electrons. The highest BCUT2D eigenvalue weighted by molar-refractivity contribution is 4.92. The van der Waals surface area contributed by atoms with Gasteiger partial charge in [0.05, 0.1) is 6.54 Å². The molecule has 4 nitrogen and oxygen atoms in total. The minimum absolute atomic E-state index is 0.437. The zero-order valence-electron chi connectivity index (χ0n) is 11.6. The Bertz CT molecular complexity index is 321. The van der Waals surface area contributed by atoms with Crippen LogP contribution in [0.25, 0.3) is 0 Å². The molecular formula is C13H26N4. The second-order valence-corrected chi connectivity index (χ2v) is 4.94. The Morgan fingerprint density at radius 3 is 2.71 bits per heavy atom. The molecule has 1 aromatic heterocycles. The molecule has 0 saturated carbocycles. The van der Waals surface area contributed by atoms with Crippen molar-refractivity contribution in [2.45, 2.75) is 39.3 Å². The van der Waals surface area contributed by atoms with E-state index in [2.05, 4.69) is 35.3 Å². The maximum Gasteiger partial charge on any atom is 0.122 e. The predicted molar refractivity (Wildman–Crippen MR) is 71.6 cm³/mol. The highest BCUT2D eigenvalue weighted by atomic mass is 15.2. The van der Waals surface area contributed by atoms with Gasteiger partial charge in [0, 0.05) is 32.0 Å². The first-order valence-electron chi connectivity index (χ1n) is 6.46. The van der Waals surface area contributed by atoms with Gasteiger partial charge in [-0.05, 0) is 19.4 Å². The zero-order valence-corrected chi connectivity index (χ0v) is 11.6. The largest absolute Gasteiger partial charge is 0.337 e. The van der Waals surface area contributed by atoms with E-state index in [1.807, 2.05) is 19.4 Å². The van der Waals surface area contributed by atoms with E-state index in [0.29, 0.717) is 18.5 Å². The van der Waals surface area contributed by atoms with Crippen LogP contribution in [0.15, 0.2) is 12.4 Å². The summed E-state index contributed by atoms with van der Waals surface area (Å²) >= 11 is 0. The molecule has 2 unspecified atom stereocenters. The van der Waals surface area contributed by atoms with Crippen molar-refractivity contribution >= 4 is 0 Å². The van der Waals surface area contributed by atoms with Crippen LogP contribution in [-0.2, 0) is 13.6 Å². The molecule has 2 atom stereocenters. The molecule has 0 aliphatic heterocycles. The smallest absolute Gasteiger partial charge is 0.122 e. The SMILES string of the molecule is CCCC(C)C(CN)N(C)Cc1nccn1C. The van der Waals surface area contributed by atoms with Crippen molar-refractivity contribution in [2.75, 3.05) is 13.6 Å². The second kappa shape index (κ2) is 6.77. The summed E-state index contributed by atoms with van der Waals surface area (Å²) in [6.07, 6.45) is 6.27. The van der Waals surface area contributed by atoms with E-state index in [-0.39, 0.29) is 0 Å². The second-order valence-electron chi connectivity index (χ2n) is 4.94. The van der Waals surface area contributed by atoms with Gasteiger partial charge in [-0.2, -0.15) is 0 Å². The van der Waals surface area contributed by atoms with Crippen LogP contribution < -0.4 is 5.73 Å². The summed E-state index contributed by atoms with van der Waals surface area (Å²) in [4.78, 5) is 6.68. The molecule has 0 spiro atoms. The minimum atomic E-state index is 0.437. The maximum absolute atomic E-state index is 5.90. The van der Waals surface area contributed by atoms with E-state index in [0.717, 1.165) is 12.4 Å². The van der Waals surface area contributed by atoms with Gasteiger partial charge in [-0.1, -0.05) is 20.3 Å². The molecule has 0 aliphatic rings. The summed E-state index contributed by atoms with van der Waals surface area (Å²) in [6, 6.07) is 0.437. The fourth-order valence-electron chi connectivity index (χ4n) is 2.38. The third-order valence-corrected chi connectivity index (χ3v) is 3.52. The first kappa shape index (κ1) is 14.2. The van der Waals surface area contributed by atoms with Gasteiger partial charge in [0.25, 0.3) is 0 Å². The zero-order chi connectivity index (χ0) is 12.8. The summed E-state index contributed by atoms with van der Waals surface area (Å²) in [5.74, 6) is 1.73. The van der Waals surface area contributed by atoms with Gasteiger partial charge in [0.1, 0.15) is 5.82 Å².